The number of sulfonamides is 1. The Hall–Kier alpha value is -2.58. The van der Waals surface area contributed by atoms with Crippen LogP contribution in [-0.2, 0) is 16.4 Å². The SMILES string of the molecule is CNC(=O)c1ccc(S(=O)(=O)NCCc2ccc(OC)c(OC)c2)cc1. The molecule has 0 saturated heterocycles. The van der Waals surface area contributed by atoms with E-state index in [4.69, 9.17) is 9.47 Å². The summed E-state index contributed by atoms with van der Waals surface area (Å²) in [5.41, 5.74) is 1.32. The van der Waals surface area contributed by atoms with Gasteiger partial charge in [0.25, 0.3) is 5.91 Å². The highest BCUT2D eigenvalue weighted by Crippen LogP contribution is 2.27. The summed E-state index contributed by atoms with van der Waals surface area (Å²) in [5, 5.41) is 2.49. The summed E-state index contributed by atoms with van der Waals surface area (Å²) in [6.45, 7) is 0.231. The number of hydrogen-bond acceptors (Lipinski definition) is 5. The van der Waals surface area contributed by atoms with E-state index in [0.29, 0.717) is 23.5 Å². The van der Waals surface area contributed by atoms with E-state index in [0.717, 1.165) is 5.56 Å². The van der Waals surface area contributed by atoms with Crippen molar-refractivity contribution in [3.8, 4) is 11.5 Å². The van der Waals surface area contributed by atoms with Crippen molar-refractivity contribution >= 4 is 15.9 Å². The van der Waals surface area contributed by atoms with Gasteiger partial charge in [0.05, 0.1) is 19.1 Å². The summed E-state index contributed by atoms with van der Waals surface area (Å²) in [7, 11) is 0.976. The third-order valence-corrected chi connectivity index (χ3v) is 5.28. The Morgan fingerprint density at radius 2 is 1.65 bits per heavy atom. The van der Waals surface area contributed by atoms with E-state index < -0.39 is 10.0 Å². The lowest BCUT2D eigenvalue weighted by Crippen LogP contribution is -2.26. The molecule has 0 atom stereocenters. The van der Waals surface area contributed by atoms with Gasteiger partial charge in [-0.1, -0.05) is 6.07 Å². The van der Waals surface area contributed by atoms with Gasteiger partial charge in [0, 0.05) is 19.2 Å². The Morgan fingerprint density at radius 1 is 1.00 bits per heavy atom. The van der Waals surface area contributed by atoms with Gasteiger partial charge in [-0.3, -0.25) is 4.79 Å². The Bertz CT molecular complexity index is 864. The number of carbonyl (C=O) groups is 1. The van der Waals surface area contributed by atoms with Gasteiger partial charge in [-0.05, 0) is 48.4 Å². The fourth-order valence-corrected chi connectivity index (χ4v) is 3.41. The van der Waals surface area contributed by atoms with E-state index in [1.54, 1.807) is 20.3 Å². The molecular formula is C18H22N2O5S. The summed E-state index contributed by atoms with van der Waals surface area (Å²) in [4.78, 5) is 11.6. The third-order valence-electron chi connectivity index (χ3n) is 3.81. The highest BCUT2D eigenvalue weighted by Gasteiger charge is 2.14. The number of ether oxygens (including phenoxy) is 2. The topological polar surface area (TPSA) is 93.7 Å². The predicted octanol–water partition coefficient (Wildman–Crippen LogP) is 1.58. The minimum Gasteiger partial charge on any atom is -0.493 e. The van der Waals surface area contributed by atoms with Crippen molar-refractivity contribution in [1.82, 2.24) is 10.0 Å². The monoisotopic (exact) mass is 378 g/mol. The molecule has 2 aromatic carbocycles. The molecule has 140 valence electrons. The fraction of sp³-hybridized carbons (Fsp3) is 0.278. The summed E-state index contributed by atoms with van der Waals surface area (Å²) >= 11 is 0. The van der Waals surface area contributed by atoms with Crippen molar-refractivity contribution in [1.29, 1.82) is 0 Å². The van der Waals surface area contributed by atoms with Crippen molar-refractivity contribution in [2.45, 2.75) is 11.3 Å². The van der Waals surface area contributed by atoms with E-state index in [-0.39, 0.29) is 17.3 Å². The molecule has 0 bridgehead atoms. The van der Waals surface area contributed by atoms with Crippen molar-refractivity contribution in [3.05, 3.63) is 53.6 Å². The van der Waals surface area contributed by atoms with Crippen molar-refractivity contribution in [2.75, 3.05) is 27.8 Å². The minimum absolute atomic E-state index is 0.109. The molecule has 0 aliphatic rings. The van der Waals surface area contributed by atoms with E-state index in [9.17, 15) is 13.2 Å². The molecule has 0 radical (unpaired) electrons. The average Bonchev–Trinajstić information content (AvgIpc) is 2.67. The first-order chi connectivity index (χ1) is 12.4. The zero-order valence-electron chi connectivity index (χ0n) is 14.9. The van der Waals surface area contributed by atoms with Crippen LogP contribution in [0.1, 0.15) is 15.9 Å². The van der Waals surface area contributed by atoms with Crippen LogP contribution >= 0.6 is 0 Å². The first kappa shape index (κ1) is 19.7. The van der Waals surface area contributed by atoms with E-state index in [1.165, 1.54) is 31.3 Å². The van der Waals surface area contributed by atoms with Crippen LogP contribution in [0.15, 0.2) is 47.4 Å². The molecule has 8 heteroatoms. The second-order valence-corrected chi connectivity index (χ2v) is 7.21. The number of rotatable bonds is 8. The maximum absolute atomic E-state index is 12.3. The normalized spacial score (nSPS) is 11.0. The molecule has 0 spiro atoms. The number of hydrogen-bond donors (Lipinski definition) is 2. The zero-order chi connectivity index (χ0) is 19.2. The maximum atomic E-state index is 12.3. The summed E-state index contributed by atoms with van der Waals surface area (Å²) in [6.07, 6.45) is 0.496. The lowest BCUT2D eigenvalue weighted by Gasteiger charge is -2.10. The number of carbonyl (C=O) groups excluding carboxylic acids is 1. The highest BCUT2D eigenvalue weighted by molar-refractivity contribution is 7.89. The van der Waals surface area contributed by atoms with Gasteiger partial charge in [-0.25, -0.2) is 13.1 Å². The largest absolute Gasteiger partial charge is 0.493 e. The smallest absolute Gasteiger partial charge is 0.251 e. The Kier molecular flexibility index (Phi) is 6.59. The van der Waals surface area contributed by atoms with Crippen LogP contribution in [0.4, 0.5) is 0 Å². The molecule has 0 aliphatic carbocycles. The Labute approximate surface area is 153 Å². The molecule has 2 rings (SSSR count). The quantitative estimate of drug-likeness (QED) is 0.727. The molecule has 0 aromatic heterocycles. The molecule has 2 aromatic rings. The Morgan fingerprint density at radius 3 is 2.23 bits per heavy atom. The number of benzene rings is 2. The molecule has 0 heterocycles. The van der Waals surface area contributed by atoms with Gasteiger partial charge in [0.2, 0.25) is 10.0 Å². The van der Waals surface area contributed by atoms with Crippen LogP contribution in [0.5, 0.6) is 11.5 Å². The Balaban J connectivity index is 2.01. The second kappa shape index (κ2) is 8.68. The van der Waals surface area contributed by atoms with Gasteiger partial charge in [0.1, 0.15) is 0 Å². The van der Waals surface area contributed by atoms with E-state index in [1.807, 2.05) is 12.1 Å². The maximum Gasteiger partial charge on any atom is 0.251 e. The molecule has 2 N–H and O–H groups in total. The van der Waals surface area contributed by atoms with Gasteiger partial charge in [-0.15, -0.1) is 0 Å². The third kappa shape index (κ3) is 4.74. The summed E-state index contributed by atoms with van der Waals surface area (Å²) in [6, 6.07) is 11.2. The van der Waals surface area contributed by atoms with Crippen LogP contribution in [0, 0.1) is 0 Å². The summed E-state index contributed by atoms with van der Waals surface area (Å²) in [5.74, 6) is 0.945. The van der Waals surface area contributed by atoms with Crippen LogP contribution in [0.2, 0.25) is 0 Å². The van der Waals surface area contributed by atoms with Crippen molar-refractivity contribution in [3.63, 3.8) is 0 Å². The lowest BCUT2D eigenvalue weighted by molar-refractivity contribution is 0.0963. The fourth-order valence-electron chi connectivity index (χ4n) is 2.38. The highest BCUT2D eigenvalue weighted by atomic mass is 32.2. The zero-order valence-corrected chi connectivity index (χ0v) is 15.7. The first-order valence-electron chi connectivity index (χ1n) is 7.94. The molecule has 0 aliphatic heterocycles. The van der Waals surface area contributed by atoms with Gasteiger partial charge < -0.3 is 14.8 Å². The second-order valence-electron chi connectivity index (χ2n) is 5.44. The van der Waals surface area contributed by atoms with Crippen molar-refractivity contribution < 1.29 is 22.7 Å². The number of nitrogens with one attached hydrogen (secondary N) is 2. The molecule has 7 nitrogen and oxygen atoms in total. The first-order valence-corrected chi connectivity index (χ1v) is 9.42. The van der Waals surface area contributed by atoms with Gasteiger partial charge in [-0.2, -0.15) is 0 Å². The molecule has 1 amide bonds. The van der Waals surface area contributed by atoms with Crippen LogP contribution in [0.25, 0.3) is 0 Å². The van der Waals surface area contributed by atoms with Crippen molar-refractivity contribution in [2.24, 2.45) is 0 Å². The number of methoxy groups -OCH3 is 2. The molecule has 26 heavy (non-hydrogen) atoms. The van der Waals surface area contributed by atoms with E-state index in [2.05, 4.69) is 10.0 Å². The van der Waals surface area contributed by atoms with Gasteiger partial charge >= 0.3 is 0 Å². The molecule has 0 unspecified atom stereocenters. The minimum atomic E-state index is -3.65. The van der Waals surface area contributed by atoms with Crippen LogP contribution in [-0.4, -0.2) is 42.1 Å². The van der Waals surface area contributed by atoms with Crippen LogP contribution in [0.3, 0.4) is 0 Å². The molecule has 0 saturated carbocycles. The van der Waals surface area contributed by atoms with E-state index >= 15 is 0 Å². The summed E-state index contributed by atoms with van der Waals surface area (Å²) < 4.78 is 37.6. The number of amides is 1. The predicted molar refractivity (Wildman–Crippen MR) is 98.3 cm³/mol. The molecule has 0 fully saturated rings. The van der Waals surface area contributed by atoms with Crippen LogP contribution < -0.4 is 19.5 Å². The van der Waals surface area contributed by atoms with Gasteiger partial charge in [0.15, 0.2) is 11.5 Å². The lowest BCUT2D eigenvalue weighted by atomic mass is 10.1. The average molecular weight is 378 g/mol. The molecular weight excluding hydrogens is 356 g/mol. The standard InChI is InChI=1S/C18H22N2O5S/c1-19-18(21)14-5-7-15(8-6-14)26(22,23)20-11-10-13-4-9-16(24-2)17(12-13)25-3/h4-9,12,20H,10-11H2,1-3H3,(H,19,21).